The van der Waals surface area contributed by atoms with Gasteiger partial charge in [-0.1, -0.05) is 101 Å². The summed E-state index contributed by atoms with van der Waals surface area (Å²) < 4.78 is 0. The van der Waals surface area contributed by atoms with Gasteiger partial charge in [0.1, 0.15) is 12.1 Å². The smallest absolute Gasteiger partial charge is 0.302 e. The highest BCUT2D eigenvalue weighted by molar-refractivity contribution is 8.76. The number of nitro groups is 1. The van der Waals surface area contributed by atoms with Crippen molar-refractivity contribution in [2.24, 2.45) is 17.8 Å². The highest BCUT2D eigenvalue weighted by Crippen LogP contribution is 2.35. The molecule has 300 valence electrons. The van der Waals surface area contributed by atoms with Gasteiger partial charge in [0.15, 0.2) is 5.03 Å². The molecular formula is C40H56N6O7S2. The van der Waals surface area contributed by atoms with Crippen molar-refractivity contribution in [3.63, 3.8) is 0 Å². The van der Waals surface area contributed by atoms with E-state index in [0.29, 0.717) is 31.1 Å². The molecule has 13 nitrogen and oxygen atoms in total. The summed E-state index contributed by atoms with van der Waals surface area (Å²) in [5, 5.41) is 36.2. The number of aliphatic hydroxyl groups is 1. The number of carbonyl (C=O) groups excluding carboxylic acids is 4. The summed E-state index contributed by atoms with van der Waals surface area (Å²) in [4.78, 5) is 69.0. The molecule has 5 N–H and O–H groups in total. The van der Waals surface area contributed by atoms with Gasteiger partial charge in [-0.3, -0.25) is 29.3 Å². The number of hydrogen-bond donors (Lipinski definition) is 5. The van der Waals surface area contributed by atoms with Crippen molar-refractivity contribution in [3.8, 4) is 0 Å². The number of amides is 4. The number of fused-ring (bicyclic) bond motifs is 1. The van der Waals surface area contributed by atoms with Crippen molar-refractivity contribution in [1.29, 1.82) is 0 Å². The first-order valence-corrected chi connectivity index (χ1v) is 21.2. The Hall–Kier alpha value is -4.21. The number of benzene rings is 2. The largest absolute Gasteiger partial charge is 0.390 e. The molecule has 3 rings (SSSR count). The number of carbonyl (C=O) groups is 4. The molecule has 1 aromatic heterocycles. The average molecular weight is 797 g/mol. The molecule has 5 atom stereocenters. The summed E-state index contributed by atoms with van der Waals surface area (Å²) in [7, 11) is 2.34. The Morgan fingerprint density at radius 2 is 1.55 bits per heavy atom. The molecule has 1 unspecified atom stereocenters. The number of nitrogens with one attached hydrogen (secondary N) is 4. The van der Waals surface area contributed by atoms with Crippen LogP contribution in [0.25, 0.3) is 10.8 Å². The maximum atomic E-state index is 14.1. The van der Waals surface area contributed by atoms with Crippen molar-refractivity contribution in [1.82, 2.24) is 26.3 Å². The van der Waals surface area contributed by atoms with Gasteiger partial charge >= 0.3 is 5.69 Å². The number of rotatable bonds is 23. The van der Waals surface area contributed by atoms with Crippen LogP contribution in [-0.4, -0.2) is 75.2 Å². The fourth-order valence-corrected chi connectivity index (χ4v) is 7.91. The molecule has 0 aliphatic rings. The van der Waals surface area contributed by atoms with Crippen molar-refractivity contribution < 1.29 is 29.2 Å². The first kappa shape index (κ1) is 45.2. The van der Waals surface area contributed by atoms with E-state index in [1.807, 2.05) is 84.0 Å². The lowest BCUT2D eigenvalue weighted by atomic mass is 9.95. The lowest BCUT2D eigenvalue weighted by molar-refractivity contribution is -0.388. The molecule has 0 aliphatic heterocycles. The Labute approximate surface area is 331 Å². The van der Waals surface area contributed by atoms with E-state index < -0.39 is 46.9 Å². The Morgan fingerprint density at radius 3 is 2.24 bits per heavy atom. The summed E-state index contributed by atoms with van der Waals surface area (Å²) in [5.41, 5.74) is 0.714. The maximum Gasteiger partial charge on any atom is 0.302 e. The number of aromatic nitrogens is 1. The van der Waals surface area contributed by atoms with Crippen LogP contribution in [0.5, 0.6) is 0 Å². The fraction of sp³-hybridized carbons (Fsp3) is 0.525. The summed E-state index contributed by atoms with van der Waals surface area (Å²) in [6.45, 7) is 12.3. The topological polar surface area (TPSA) is 193 Å². The van der Waals surface area contributed by atoms with Gasteiger partial charge in [-0.2, -0.15) is 0 Å². The Kier molecular flexibility index (Phi) is 18.9. The van der Waals surface area contributed by atoms with Crippen molar-refractivity contribution in [2.75, 3.05) is 12.3 Å². The highest BCUT2D eigenvalue weighted by Gasteiger charge is 2.31. The van der Waals surface area contributed by atoms with E-state index in [1.165, 1.54) is 29.1 Å². The van der Waals surface area contributed by atoms with E-state index >= 15 is 0 Å². The number of hydrogen-bond acceptors (Lipinski definition) is 10. The predicted molar refractivity (Wildman–Crippen MR) is 219 cm³/mol. The second kappa shape index (κ2) is 23.0. The van der Waals surface area contributed by atoms with E-state index in [9.17, 15) is 34.4 Å². The van der Waals surface area contributed by atoms with E-state index in [4.69, 9.17) is 0 Å². The average Bonchev–Trinajstić information content (AvgIpc) is 3.14. The SMILES string of the molecule is CCC(C)CNC(=O)C[C@H](O)[C@H](CC(C)C)NC(=O)[C@H](CC(C)C)NC(=O)[C@H](Cc1cccc2ccccc12)NC(=O)CCSSc1ncccc1[N+](=O)[O-]. The van der Waals surface area contributed by atoms with Crippen LogP contribution < -0.4 is 21.3 Å². The van der Waals surface area contributed by atoms with Gasteiger partial charge in [-0.05, 0) is 63.8 Å². The van der Waals surface area contributed by atoms with Crippen LogP contribution in [0.2, 0.25) is 0 Å². The molecule has 0 spiro atoms. The van der Waals surface area contributed by atoms with Crippen LogP contribution in [0.4, 0.5) is 5.69 Å². The van der Waals surface area contributed by atoms with Gasteiger partial charge in [0.05, 0.1) is 23.5 Å². The van der Waals surface area contributed by atoms with E-state index in [2.05, 4.69) is 26.3 Å². The van der Waals surface area contributed by atoms with E-state index in [1.54, 1.807) is 0 Å². The summed E-state index contributed by atoms with van der Waals surface area (Å²) >= 11 is 0. The fourth-order valence-electron chi connectivity index (χ4n) is 5.90. The molecule has 0 fully saturated rings. The van der Waals surface area contributed by atoms with Crippen LogP contribution in [-0.2, 0) is 25.6 Å². The Morgan fingerprint density at radius 1 is 0.855 bits per heavy atom. The quantitative estimate of drug-likeness (QED) is 0.0330. The third-order valence-corrected chi connectivity index (χ3v) is 11.3. The summed E-state index contributed by atoms with van der Waals surface area (Å²) in [6.07, 6.45) is 1.93. The second-order valence-electron chi connectivity index (χ2n) is 14.7. The second-order valence-corrected chi connectivity index (χ2v) is 17.1. The summed E-state index contributed by atoms with van der Waals surface area (Å²) in [6, 6.07) is 13.6. The number of aliphatic hydroxyl groups excluding tert-OH is 1. The minimum atomic E-state index is -1.14. The lowest BCUT2D eigenvalue weighted by Gasteiger charge is -2.29. The van der Waals surface area contributed by atoms with Crippen molar-refractivity contribution >= 4 is 61.7 Å². The van der Waals surface area contributed by atoms with Gasteiger partial charge in [-0.15, -0.1) is 0 Å². The zero-order valence-electron chi connectivity index (χ0n) is 32.6. The van der Waals surface area contributed by atoms with Gasteiger partial charge < -0.3 is 26.4 Å². The number of pyridine rings is 1. The molecular weight excluding hydrogens is 741 g/mol. The molecule has 0 radical (unpaired) electrons. The minimum Gasteiger partial charge on any atom is -0.390 e. The van der Waals surface area contributed by atoms with Crippen LogP contribution in [0.1, 0.15) is 79.2 Å². The molecule has 0 saturated carbocycles. The predicted octanol–water partition coefficient (Wildman–Crippen LogP) is 5.98. The van der Waals surface area contributed by atoms with Crippen molar-refractivity contribution in [2.45, 2.75) is 109 Å². The molecule has 0 saturated heterocycles. The van der Waals surface area contributed by atoms with Crippen LogP contribution >= 0.6 is 21.6 Å². The van der Waals surface area contributed by atoms with Gasteiger partial charge in [0, 0.05) is 37.4 Å². The molecule has 0 bridgehead atoms. The van der Waals surface area contributed by atoms with E-state index in [0.717, 1.165) is 33.6 Å². The zero-order chi connectivity index (χ0) is 40.5. The molecule has 1 heterocycles. The maximum absolute atomic E-state index is 14.1. The number of nitrogens with zero attached hydrogens (tertiary/aromatic N) is 2. The van der Waals surface area contributed by atoms with E-state index in [-0.39, 0.29) is 47.7 Å². The molecule has 55 heavy (non-hydrogen) atoms. The molecule has 0 aliphatic carbocycles. The highest BCUT2D eigenvalue weighted by atomic mass is 33.1. The third kappa shape index (κ3) is 15.5. The minimum absolute atomic E-state index is 0.00594. The van der Waals surface area contributed by atoms with Crippen molar-refractivity contribution in [3.05, 3.63) is 76.5 Å². The summed E-state index contributed by atoms with van der Waals surface area (Å²) in [5.74, 6) is -1.05. The zero-order valence-corrected chi connectivity index (χ0v) is 34.2. The lowest BCUT2D eigenvalue weighted by Crippen LogP contribution is -2.57. The Bertz CT molecular complexity index is 1740. The normalized spacial score (nSPS) is 14.1. The standard InChI is InChI=1S/C40H56N6O7S2/c1-7-27(6)24-42-37(49)23-35(47)31(20-25(2)3)44-38(50)32(21-26(4)5)45-39(51)33(22-29-14-10-13-28-12-8-9-15-30(28)29)43-36(48)17-19-54-55-40-34(46(52)53)16-11-18-41-40/h8-16,18,25-27,31-33,35,47H,7,17,19-24H2,1-6H3,(H,42,49)(H,43,48)(H,44,50)(H,45,51)/t27?,31-,32-,33-,35-/m0/s1. The van der Waals surface area contributed by atoms with Crippen LogP contribution in [0.15, 0.2) is 65.8 Å². The first-order valence-electron chi connectivity index (χ1n) is 18.9. The first-order chi connectivity index (χ1) is 26.2. The molecule has 3 aromatic rings. The van der Waals surface area contributed by atoms with Crippen LogP contribution in [0, 0.1) is 27.9 Å². The monoisotopic (exact) mass is 796 g/mol. The third-order valence-electron chi connectivity index (χ3n) is 9.05. The van der Waals surface area contributed by atoms with Gasteiger partial charge in [0.25, 0.3) is 0 Å². The molecule has 15 heteroatoms. The van der Waals surface area contributed by atoms with Crippen LogP contribution in [0.3, 0.4) is 0 Å². The Balaban J connectivity index is 1.78. The molecule has 4 amide bonds. The van der Waals surface area contributed by atoms with Gasteiger partial charge in [-0.25, -0.2) is 4.98 Å². The molecule has 2 aromatic carbocycles. The van der Waals surface area contributed by atoms with Gasteiger partial charge in [0.2, 0.25) is 23.6 Å².